The summed E-state index contributed by atoms with van der Waals surface area (Å²) in [5, 5.41) is 10.3. The predicted octanol–water partition coefficient (Wildman–Crippen LogP) is 7.09. The summed E-state index contributed by atoms with van der Waals surface area (Å²) in [6.45, 7) is 29.8. The third-order valence-electron chi connectivity index (χ3n) is 10.6. The van der Waals surface area contributed by atoms with E-state index in [9.17, 15) is 19.5 Å². The van der Waals surface area contributed by atoms with Crippen LogP contribution in [-0.4, -0.2) is 87.0 Å². The number of allylic oxidation sites excluding steroid dienone is 1. The van der Waals surface area contributed by atoms with Gasteiger partial charge in [-0.3, -0.25) is 9.69 Å². The second-order valence-electron chi connectivity index (χ2n) is 15.7. The number of β-lactam (4-membered cyclic amide) rings is 1. The van der Waals surface area contributed by atoms with Crippen LogP contribution in [0.25, 0.3) is 0 Å². The lowest BCUT2D eigenvalue weighted by atomic mass is 9.82. The number of amides is 2. The molecule has 0 aromatic rings. The number of carboxylic acid groups (broad SMARTS) is 1. The topological polar surface area (TPSA) is 106 Å². The van der Waals surface area contributed by atoms with Gasteiger partial charge in [-0.1, -0.05) is 60.3 Å². The number of carbonyl (C=O) groups is 3. The summed E-state index contributed by atoms with van der Waals surface area (Å²) in [6, 6.07) is -0.704. The molecule has 0 radical (unpaired) electrons. The number of nitrogens with zero attached hydrogens (tertiary/aromatic N) is 2. The average Bonchev–Trinajstić information content (AvgIpc) is 3.43. The van der Waals surface area contributed by atoms with Crippen molar-refractivity contribution in [3.63, 3.8) is 0 Å². The number of ether oxygens (including phenoxy) is 1. The summed E-state index contributed by atoms with van der Waals surface area (Å²) in [4.78, 5) is 42.4. The molecule has 3 rings (SSSR count). The number of fused-ring (bicyclic) bond motifs is 1. The Balaban J connectivity index is 1.86. The van der Waals surface area contributed by atoms with Gasteiger partial charge in [0, 0.05) is 0 Å². The number of likely N-dealkylation sites (tertiary alicyclic amines) is 1. The average molecular weight is 649 g/mol. The second-order valence-corrected chi connectivity index (χ2v) is 25.3. The van der Waals surface area contributed by atoms with Crippen molar-refractivity contribution in [2.24, 2.45) is 5.92 Å². The molecule has 1 N–H and O–H groups in total. The predicted molar refractivity (Wildman–Crippen MR) is 178 cm³/mol. The third kappa shape index (κ3) is 7.10. The summed E-state index contributed by atoms with van der Waals surface area (Å²) >= 11 is 0. The maximum absolute atomic E-state index is 13.4. The van der Waals surface area contributed by atoms with Crippen LogP contribution in [0.3, 0.4) is 0 Å². The van der Waals surface area contributed by atoms with Gasteiger partial charge in [-0.05, 0) is 80.5 Å². The van der Waals surface area contributed by atoms with Gasteiger partial charge in [-0.25, -0.2) is 9.59 Å². The van der Waals surface area contributed by atoms with Gasteiger partial charge in [0.1, 0.15) is 12.3 Å². The molecular weight excluding hydrogens is 593 g/mol. The third-order valence-corrected chi connectivity index (χ3v) is 19.7. The van der Waals surface area contributed by atoms with Crippen LogP contribution in [0.5, 0.6) is 0 Å². The summed E-state index contributed by atoms with van der Waals surface area (Å²) in [5.74, 6) is -1.70. The number of hydrogen-bond acceptors (Lipinski definition) is 6. The summed E-state index contributed by atoms with van der Waals surface area (Å²) in [5.41, 5.74) is 1.44. The van der Waals surface area contributed by atoms with Crippen molar-refractivity contribution >= 4 is 34.6 Å². The Bertz CT molecular complexity index is 1210. The normalized spacial score (nSPS) is 25.6. The minimum Gasteiger partial charge on any atom is -0.477 e. The molecule has 2 saturated heterocycles. The fourth-order valence-electron chi connectivity index (χ4n) is 5.96. The van der Waals surface area contributed by atoms with Gasteiger partial charge >= 0.3 is 12.1 Å². The van der Waals surface area contributed by atoms with Crippen LogP contribution < -0.4 is 0 Å². The zero-order chi connectivity index (χ0) is 33.6. The molecule has 248 valence electrons. The van der Waals surface area contributed by atoms with Crippen molar-refractivity contribution in [1.82, 2.24) is 9.80 Å². The first-order valence-electron chi connectivity index (χ1n) is 15.9. The molecule has 11 heteroatoms. The first-order valence-corrected chi connectivity index (χ1v) is 21.7. The molecule has 9 nitrogen and oxygen atoms in total. The largest absolute Gasteiger partial charge is 0.477 e. The highest BCUT2D eigenvalue weighted by Crippen LogP contribution is 2.48. The van der Waals surface area contributed by atoms with Gasteiger partial charge in [0.2, 0.25) is 5.91 Å². The SMILES string of the molecule is C=CCOC(=O)N1C(C=C(C)C2=C(C(=O)O)N3C(=O)[C@H]([C@@H](C)O[Si](C)(C)C(C)(C)C)[C@H]3C2)CCC1CO[Si](C)(C)C(C)(C)C. The van der Waals surface area contributed by atoms with Crippen LogP contribution in [-0.2, 0) is 23.2 Å². The standard InChI is InChI=1S/C33H56N2O7Si2/c1-14-17-40-31(39)34-23(15-16-24(34)20-41-43(10,11)32(4,5)6)18-21(2)25-19-26-27(29(36)35(26)28(25)30(37)38)22(3)42-44(12,13)33(7,8)9/h14,18,22-24,26-27H,1,15-17,19-20H2,2-13H3,(H,37,38)/t22-,23?,24?,26-,27-/m1/s1. The quantitative estimate of drug-likeness (QED) is 0.145. The van der Waals surface area contributed by atoms with Crippen LogP contribution in [0.4, 0.5) is 4.79 Å². The smallest absolute Gasteiger partial charge is 0.410 e. The molecular formula is C33H56N2O7Si2. The Labute approximate surface area is 266 Å². The molecule has 2 fully saturated rings. The molecule has 44 heavy (non-hydrogen) atoms. The van der Waals surface area contributed by atoms with Crippen molar-refractivity contribution in [3.05, 3.63) is 35.6 Å². The first kappa shape index (κ1) is 36.3. The molecule has 3 aliphatic heterocycles. The molecule has 0 aliphatic carbocycles. The number of aliphatic carboxylic acids is 1. The zero-order valence-corrected chi connectivity index (χ0v) is 31.1. The maximum atomic E-state index is 13.4. The monoisotopic (exact) mass is 648 g/mol. The van der Waals surface area contributed by atoms with Crippen LogP contribution in [0, 0.1) is 5.92 Å². The zero-order valence-electron chi connectivity index (χ0n) is 29.1. The molecule has 0 saturated carbocycles. The van der Waals surface area contributed by atoms with E-state index < -0.39 is 34.6 Å². The van der Waals surface area contributed by atoms with E-state index in [-0.39, 0.29) is 52.5 Å². The van der Waals surface area contributed by atoms with E-state index in [0.717, 1.165) is 12.0 Å². The van der Waals surface area contributed by atoms with Gasteiger partial charge in [0.25, 0.3) is 0 Å². The Morgan fingerprint density at radius 2 is 1.66 bits per heavy atom. The Kier molecular flexibility index (Phi) is 10.6. The summed E-state index contributed by atoms with van der Waals surface area (Å²) in [6.07, 6.45) is 4.66. The number of carbonyl (C=O) groups excluding carboxylic acids is 2. The lowest BCUT2D eigenvalue weighted by Gasteiger charge is -2.48. The number of carboxylic acids is 1. The van der Waals surface area contributed by atoms with Crippen LogP contribution in [0.15, 0.2) is 35.6 Å². The van der Waals surface area contributed by atoms with Crippen molar-refractivity contribution in [2.75, 3.05) is 13.2 Å². The highest BCUT2D eigenvalue weighted by molar-refractivity contribution is 6.74. The second kappa shape index (κ2) is 12.9. The molecule has 0 aromatic heterocycles. The molecule has 0 aromatic carbocycles. The molecule has 2 amide bonds. The van der Waals surface area contributed by atoms with Crippen LogP contribution in [0.2, 0.25) is 36.3 Å². The lowest BCUT2D eigenvalue weighted by Crippen LogP contribution is -2.63. The van der Waals surface area contributed by atoms with E-state index in [2.05, 4.69) is 74.3 Å². The van der Waals surface area contributed by atoms with Crippen molar-refractivity contribution < 1.29 is 33.1 Å². The molecule has 3 aliphatic rings. The van der Waals surface area contributed by atoms with E-state index in [1.165, 1.54) is 4.90 Å². The maximum Gasteiger partial charge on any atom is 0.410 e. The molecule has 0 spiro atoms. The molecule has 5 atom stereocenters. The molecule has 2 unspecified atom stereocenters. The van der Waals surface area contributed by atoms with Gasteiger partial charge in [0.15, 0.2) is 16.6 Å². The Morgan fingerprint density at radius 3 is 2.18 bits per heavy atom. The summed E-state index contributed by atoms with van der Waals surface area (Å²) in [7, 11) is -4.17. The van der Waals surface area contributed by atoms with E-state index in [1.54, 1.807) is 11.0 Å². The fraction of sp³-hybridized carbons (Fsp3) is 0.727. The lowest BCUT2D eigenvalue weighted by molar-refractivity contribution is -0.160. The fourth-order valence-corrected chi connectivity index (χ4v) is 8.43. The molecule has 3 heterocycles. The minimum atomic E-state index is -2.13. The van der Waals surface area contributed by atoms with Crippen LogP contribution >= 0.6 is 0 Å². The van der Waals surface area contributed by atoms with Gasteiger partial charge in [-0.2, -0.15) is 0 Å². The Hall–Kier alpha value is -2.22. The summed E-state index contributed by atoms with van der Waals surface area (Å²) < 4.78 is 18.6. The van der Waals surface area contributed by atoms with Gasteiger partial charge in [0.05, 0.1) is 36.8 Å². The van der Waals surface area contributed by atoms with E-state index >= 15 is 0 Å². The van der Waals surface area contributed by atoms with Gasteiger partial charge < -0.3 is 23.6 Å². The highest BCUT2D eigenvalue weighted by Gasteiger charge is 2.58. The van der Waals surface area contributed by atoms with Crippen molar-refractivity contribution in [1.29, 1.82) is 0 Å². The van der Waals surface area contributed by atoms with Gasteiger partial charge in [-0.15, -0.1) is 0 Å². The highest BCUT2D eigenvalue weighted by atomic mass is 28.4. The van der Waals surface area contributed by atoms with Crippen molar-refractivity contribution in [3.8, 4) is 0 Å². The van der Waals surface area contributed by atoms with Crippen molar-refractivity contribution in [2.45, 2.75) is 135 Å². The van der Waals surface area contributed by atoms with E-state index in [1.807, 2.05) is 19.9 Å². The van der Waals surface area contributed by atoms with Crippen LogP contribution in [0.1, 0.15) is 74.7 Å². The molecule has 0 bridgehead atoms. The number of rotatable bonds is 11. The van der Waals surface area contributed by atoms with E-state index in [4.69, 9.17) is 13.6 Å². The first-order chi connectivity index (χ1) is 20.1. The number of hydrogen-bond donors (Lipinski definition) is 1. The Morgan fingerprint density at radius 1 is 1.07 bits per heavy atom. The van der Waals surface area contributed by atoms with E-state index in [0.29, 0.717) is 25.0 Å². The minimum absolute atomic E-state index is 0.00800.